The molecule has 0 amide bonds. The van der Waals surface area contributed by atoms with E-state index in [1.807, 2.05) is 0 Å². The van der Waals surface area contributed by atoms with Gasteiger partial charge < -0.3 is 0 Å². The van der Waals surface area contributed by atoms with Gasteiger partial charge in [0.2, 0.25) is 0 Å². The van der Waals surface area contributed by atoms with Crippen LogP contribution in [0, 0.1) is 5.82 Å². The Labute approximate surface area is 125 Å². The van der Waals surface area contributed by atoms with Crippen molar-refractivity contribution in [2.45, 2.75) is 0 Å². The number of hydrogen-bond acceptors (Lipinski definition) is 1. The second-order valence-electron chi connectivity index (χ2n) is 3.56. The lowest BCUT2D eigenvalue weighted by atomic mass is 10.0. The summed E-state index contributed by atoms with van der Waals surface area (Å²) in [4.78, 5) is 12.2. The van der Waals surface area contributed by atoms with E-state index in [2.05, 4.69) is 31.9 Å². The maximum absolute atomic E-state index is 13.1. The summed E-state index contributed by atoms with van der Waals surface area (Å²) in [5.41, 5.74) is 0.757. The Morgan fingerprint density at radius 3 is 2.50 bits per heavy atom. The van der Waals surface area contributed by atoms with Crippen molar-refractivity contribution >= 4 is 49.2 Å². The molecule has 2 rings (SSSR count). The van der Waals surface area contributed by atoms with Crippen molar-refractivity contribution in [2.24, 2.45) is 0 Å². The third-order valence-electron chi connectivity index (χ3n) is 2.38. The predicted molar refractivity (Wildman–Crippen MR) is 76.7 cm³/mol. The Balaban J connectivity index is 2.48. The molecule has 0 aromatic heterocycles. The molecule has 92 valence electrons. The molecule has 0 bridgehead atoms. The zero-order valence-corrected chi connectivity index (χ0v) is 12.8. The van der Waals surface area contributed by atoms with Gasteiger partial charge in [0.15, 0.2) is 5.78 Å². The zero-order chi connectivity index (χ0) is 13.3. The highest BCUT2D eigenvalue weighted by Gasteiger charge is 2.15. The van der Waals surface area contributed by atoms with E-state index in [-0.39, 0.29) is 10.3 Å². The van der Waals surface area contributed by atoms with Gasteiger partial charge >= 0.3 is 0 Å². The summed E-state index contributed by atoms with van der Waals surface area (Å²) in [6.45, 7) is 0. The van der Waals surface area contributed by atoms with Crippen LogP contribution in [0.4, 0.5) is 4.39 Å². The van der Waals surface area contributed by atoms with Gasteiger partial charge in [-0.3, -0.25) is 4.79 Å². The molecule has 1 nitrogen and oxygen atoms in total. The van der Waals surface area contributed by atoms with Gasteiger partial charge in [-0.25, -0.2) is 4.39 Å². The molecule has 0 spiro atoms. The van der Waals surface area contributed by atoms with E-state index in [1.165, 1.54) is 18.2 Å². The highest BCUT2D eigenvalue weighted by molar-refractivity contribution is 9.10. The van der Waals surface area contributed by atoms with Crippen molar-refractivity contribution in [3.8, 4) is 0 Å². The number of carbonyl (C=O) groups is 1. The average Bonchev–Trinajstić information content (AvgIpc) is 2.35. The number of rotatable bonds is 2. The van der Waals surface area contributed by atoms with E-state index < -0.39 is 5.82 Å². The molecular formula is C13H6Br2ClFO. The number of hydrogen-bond donors (Lipinski definition) is 0. The molecule has 0 saturated heterocycles. The Morgan fingerprint density at radius 2 is 1.83 bits per heavy atom. The summed E-state index contributed by atoms with van der Waals surface area (Å²) in [7, 11) is 0. The maximum Gasteiger partial charge on any atom is 0.194 e. The van der Waals surface area contributed by atoms with E-state index in [4.69, 9.17) is 11.6 Å². The van der Waals surface area contributed by atoms with Gasteiger partial charge in [0, 0.05) is 15.6 Å². The smallest absolute Gasteiger partial charge is 0.194 e. The van der Waals surface area contributed by atoms with Crippen molar-refractivity contribution in [3.05, 3.63) is 67.3 Å². The van der Waals surface area contributed by atoms with Crippen LogP contribution in [0.3, 0.4) is 0 Å². The summed E-state index contributed by atoms with van der Waals surface area (Å²) in [6, 6.07) is 9.21. The molecule has 0 aliphatic rings. The van der Waals surface area contributed by atoms with Crippen molar-refractivity contribution < 1.29 is 9.18 Å². The van der Waals surface area contributed by atoms with Gasteiger partial charge in [-0.1, -0.05) is 17.7 Å². The lowest BCUT2D eigenvalue weighted by molar-refractivity contribution is 0.103. The van der Waals surface area contributed by atoms with E-state index in [0.717, 1.165) is 0 Å². The summed E-state index contributed by atoms with van der Waals surface area (Å²) < 4.78 is 14.0. The molecule has 2 aromatic carbocycles. The van der Waals surface area contributed by atoms with E-state index >= 15 is 0 Å². The van der Waals surface area contributed by atoms with E-state index in [1.54, 1.807) is 18.2 Å². The fourth-order valence-electron chi connectivity index (χ4n) is 1.47. The molecular weight excluding hydrogens is 386 g/mol. The summed E-state index contributed by atoms with van der Waals surface area (Å²) in [5.74, 6) is -0.658. The van der Waals surface area contributed by atoms with Crippen LogP contribution in [0.25, 0.3) is 0 Å². The first-order valence-electron chi connectivity index (χ1n) is 4.94. The Morgan fingerprint density at radius 1 is 1.11 bits per heavy atom. The first kappa shape index (κ1) is 13.7. The molecule has 5 heteroatoms. The third-order valence-corrected chi connectivity index (χ3v) is 4.28. The zero-order valence-electron chi connectivity index (χ0n) is 8.88. The molecule has 0 radical (unpaired) electrons. The minimum absolute atomic E-state index is 0.248. The molecule has 18 heavy (non-hydrogen) atoms. The van der Waals surface area contributed by atoms with Crippen molar-refractivity contribution in [1.29, 1.82) is 0 Å². The van der Waals surface area contributed by atoms with E-state index in [9.17, 15) is 9.18 Å². The number of halogens is 4. The second-order valence-corrected chi connectivity index (χ2v) is 5.65. The SMILES string of the molecule is O=C(c1ccc(F)c(Br)c1)c1cccc(Br)c1Cl. The molecule has 0 aliphatic carbocycles. The highest BCUT2D eigenvalue weighted by Crippen LogP contribution is 2.28. The lowest BCUT2D eigenvalue weighted by Crippen LogP contribution is -2.02. The van der Waals surface area contributed by atoms with Crippen LogP contribution in [-0.2, 0) is 0 Å². The molecule has 0 unspecified atom stereocenters. The fraction of sp³-hybridized carbons (Fsp3) is 0. The van der Waals surface area contributed by atoms with Crippen LogP contribution >= 0.6 is 43.5 Å². The van der Waals surface area contributed by atoms with E-state index in [0.29, 0.717) is 20.6 Å². The van der Waals surface area contributed by atoms with Crippen LogP contribution in [0.15, 0.2) is 45.3 Å². The van der Waals surface area contributed by atoms with Gasteiger partial charge in [0.05, 0.1) is 9.50 Å². The Bertz CT molecular complexity index is 628. The summed E-state index contributed by atoms with van der Waals surface area (Å²) >= 11 is 12.4. The lowest BCUT2D eigenvalue weighted by Gasteiger charge is -2.06. The topological polar surface area (TPSA) is 17.1 Å². The molecule has 2 aromatic rings. The quantitative estimate of drug-likeness (QED) is 0.639. The third kappa shape index (κ3) is 2.66. The minimum atomic E-state index is -0.410. The molecule has 0 saturated carbocycles. The molecule has 0 heterocycles. The first-order valence-corrected chi connectivity index (χ1v) is 6.91. The Hall–Kier alpha value is -0.710. The normalized spacial score (nSPS) is 10.4. The van der Waals surface area contributed by atoms with Gasteiger partial charge in [-0.05, 0) is 62.2 Å². The van der Waals surface area contributed by atoms with Gasteiger partial charge in [-0.15, -0.1) is 0 Å². The second kappa shape index (κ2) is 5.51. The molecule has 0 atom stereocenters. The monoisotopic (exact) mass is 390 g/mol. The summed E-state index contributed by atoms with van der Waals surface area (Å²) in [6.07, 6.45) is 0. The fourth-order valence-corrected chi connectivity index (χ4v) is 2.43. The highest BCUT2D eigenvalue weighted by atomic mass is 79.9. The standard InChI is InChI=1S/C13H6Br2ClFO/c14-9-3-1-2-8(12(9)16)13(18)7-4-5-11(17)10(15)6-7/h1-6H. The number of carbonyl (C=O) groups excluding carboxylic acids is 1. The largest absolute Gasteiger partial charge is 0.289 e. The summed E-state index contributed by atoms with van der Waals surface area (Å²) in [5, 5.41) is 0.350. The van der Waals surface area contributed by atoms with Crippen molar-refractivity contribution in [2.75, 3.05) is 0 Å². The average molecular weight is 392 g/mol. The van der Waals surface area contributed by atoms with Crippen LogP contribution in [-0.4, -0.2) is 5.78 Å². The molecule has 0 N–H and O–H groups in total. The molecule has 0 aliphatic heterocycles. The Kier molecular flexibility index (Phi) is 4.20. The van der Waals surface area contributed by atoms with Crippen LogP contribution in [0.5, 0.6) is 0 Å². The minimum Gasteiger partial charge on any atom is -0.289 e. The van der Waals surface area contributed by atoms with Crippen LogP contribution < -0.4 is 0 Å². The van der Waals surface area contributed by atoms with Gasteiger partial charge in [0.1, 0.15) is 5.82 Å². The van der Waals surface area contributed by atoms with Crippen LogP contribution in [0.2, 0.25) is 5.02 Å². The van der Waals surface area contributed by atoms with Crippen molar-refractivity contribution in [1.82, 2.24) is 0 Å². The number of benzene rings is 2. The number of ketones is 1. The van der Waals surface area contributed by atoms with Crippen LogP contribution in [0.1, 0.15) is 15.9 Å². The van der Waals surface area contributed by atoms with Gasteiger partial charge in [0.25, 0.3) is 0 Å². The predicted octanol–water partition coefficient (Wildman–Crippen LogP) is 5.24. The van der Waals surface area contributed by atoms with Crippen molar-refractivity contribution in [3.63, 3.8) is 0 Å². The van der Waals surface area contributed by atoms with Gasteiger partial charge in [-0.2, -0.15) is 0 Å². The maximum atomic E-state index is 13.1. The molecule has 0 fully saturated rings. The first-order chi connectivity index (χ1) is 8.50.